The minimum atomic E-state index is 0.0513. The Hall–Kier alpha value is -1.34. The van der Waals surface area contributed by atoms with E-state index in [-0.39, 0.29) is 5.78 Å². The molecule has 0 aliphatic rings. The second-order valence-corrected chi connectivity index (χ2v) is 5.27. The minimum Gasteiger partial charge on any atom is -0.367 e. The Balaban J connectivity index is 3.06. The largest absolute Gasteiger partial charge is 0.367 e. The zero-order chi connectivity index (χ0) is 13.7. The van der Waals surface area contributed by atoms with Crippen molar-refractivity contribution in [2.24, 2.45) is 0 Å². The van der Waals surface area contributed by atoms with Gasteiger partial charge in [0.2, 0.25) is 0 Å². The van der Waals surface area contributed by atoms with Gasteiger partial charge in [-0.05, 0) is 54.9 Å². The molecule has 0 atom stereocenters. The van der Waals surface area contributed by atoms with Crippen molar-refractivity contribution in [3.63, 3.8) is 0 Å². The zero-order valence-electron chi connectivity index (χ0n) is 10.9. The Bertz CT molecular complexity index is 477. The maximum absolute atomic E-state index is 11.3. The number of halogens is 1. The van der Waals surface area contributed by atoms with Gasteiger partial charge in [0.1, 0.15) is 0 Å². The number of Topliss-reactive ketones (excluding diaryl/α,β-unsaturated/α-hetero) is 1. The number of carbonyl (C=O) groups is 1. The summed E-state index contributed by atoms with van der Waals surface area (Å²) in [6.07, 6.45) is 0.485. The van der Waals surface area contributed by atoms with Crippen LogP contribution in [-0.2, 0) is 0 Å². The Morgan fingerprint density at radius 1 is 1.50 bits per heavy atom. The van der Waals surface area contributed by atoms with E-state index in [1.807, 2.05) is 18.2 Å². The summed E-state index contributed by atoms with van der Waals surface area (Å²) in [7, 11) is 0. The van der Waals surface area contributed by atoms with E-state index in [4.69, 9.17) is 5.26 Å². The number of carbonyl (C=O) groups excluding carboxylic acids is 1. The predicted octanol–water partition coefficient (Wildman–Crippen LogP) is 3.78. The van der Waals surface area contributed by atoms with Crippen LogP contribution in [0.2, 0.25) is 0 Å². The fourth-order valence-corrected chi connectivity index (χ4v) is 2.39. The number of ketones is 1. The summed E-state index contributed by atoms with van der Waals surface area (Å²) in [4.78, 5) is 13.5. The van der Waals surface area contributed by atoms with Crippen LogP contribution in [0.3, 0.4) is 0 Å². The molecule has 0 amide bonds. The quantitative estimate of drug-likeness (QED) is 0.778. The molecule has 0 fully saturated rings. The second-order valence-electron chi connectivity index (χ2n) is 4.42. The van der Waals surface area contributed by atoms with Gasteiger partial charge in [-0.15, -0.1) is 0 Å². The number of nitrogens with zero attached hydrogens (tertiary/aromatic N) is 2. The molecule has 0 aliphatic heterocycles. The van der Waals surface area contributed by atoms with Gasteiger partial charge in [-0.1, -0.05) is 0 Å². The second kappa shape index (κ2) is 6.55. The maximum atomic E-state index is 11.3. The highest BCUT2D eigenvalue weighted by Crippen LogP contribution is 2.29. The number of nitriles is 1. The molecule has 1 rings (SSSR count). The van der Waals surface area contributed by atoms with Gasteiger partial charge in [-0.2, -0.15) is 5.26 Å². The van der Waals surface area contributed by atoms with Crippen molar-refractivity contribution in [3.8, 4) is 6.07 Å². The van der Waals surface area contributed by atoms with E-state index in [9.17, 15) is 4.79 Å². The number of rotatable bonds is 5. The van der Waals surface area contributed by atoms with E-state index in [0.29, 0.717) is 24.6 Å². The number of hydrogen-bond acceptors (Lipinski definition) is 3. The van der Waals surface area contributed by atoms with Crippen molar-refractivity contribution in [1.82, 2.24) is 0 Å². The number of anilines is 1. The Kier molecular flexibility index (Phi) is 5.36. The SMILES string of the molecule is CC(=O)c1ccc(N(CCC#N)C(C)C)c(Br)c1. The lowest BCUT2D eigenvalue weighted by atomic mass is 10.1. The van der Waals surface area contributed by atoms with E-state index in [0.717, 1.165) is 10.2 Å². The van der Waals surface area contributed by atoms with Crippen LogP contribution >= 0.6 is 15.9 Å². The van der Waals surface area contributed by atoms with Crippen LogP contribution in [0.5, 0.6) is 0 Å². The molecular weight excluding hydrogens is 292 g/mol. The van der Waals surface area contributed by atoms with Crippen LogP contribution in [0.1, 0.15) is 37.6 Å². The summed E-state index contributed by atoms with van der Waals surface area (Å²) < 4.78 is 0.891. The number of benzene rings is 1. The third-order valence-corrected chi connectivity index (χ3v) is 3.39. The van der Waals surface area contributed by atoms with Gasteiger partial charge in [0.15, 0.2) is 5.78 Å². The molecule has 0 radical (unpaired) electrons. The molecule has 0 aliphatic carbocycles. The molecule has 0 saturated carbocycles. The van der Waals surface area contributed by atoms with Gasteiger partial charge in [-0.25, -0.2) is 0 Å². The fourth-order valence-electron chi connectivity index (χ4n) is 1.79. The summed E-state index contributed by atoms with van der Waals surface area (Å²) in [5.41, 5.74) is 1.71. The monoisotopic (exact) mass is 308 g/mol. The van der Waals surface area contributed by atoms with E-state index in [1.54, 1.807) is 6.92 Å². The highest BCUT2D eigenvalue weighted by atomic mass is 79.9. The van der Waals surface area contributed by atoms with Gasteiger partial charge < -0.3 is 4.90 Å². The molecule has 0 saturated heterocycles. The number of hydrogen-bond donors (Lipinski definition) is 0. The molecule has 4 heteroatoms. The summed E-state index contributed by atoms with van der Waals surface area (Å²) in [6.45, 7) is 6.41. The molecule has 0 aromatic heterocycles. The van der Waals surface area contributed by atoms with Crippen molar-refractivity contribution in [1.29, 1.82) is 5.26 Å². The first-order valence-electron chi connectivity index (χ1n) is 5.91. The maximum Gasteiger partial charge on any atom is 0.159 e. The van der Waals surface area contributed by atoms with Crippen LogP contribution in [0, 0.1) is 11.3 Å². The van der Waals surface area contributed by atoms with Crippen molar-refractivity contribution in [3.05, 3.63) is 28.2 Å². The van der Waals surface area contributed by atoms with E-state index < -0.39 is 0 Å². The molecule has 0 heterocycles. The lowest BCUT2D eigenvalue weighted by Gasteiger charge is -2.29. The third kappa shape index (κ3) is 3.58. The average Bonchev–Trinajstić information content (AvgIpc) is 2.30. The minimum absolute atomic E-state index is 0.0513. The van der Waals surface area contributed by atoms with Gasteiger partial charge in [0, 0.05) is 22.6 Å². The normalized spacial score (nSPS) is 10.2. The van der Waals surface area contributed by atoms with Crippen molar-refractivity contribution in [2.45, 2.75) is 33.2 Å². The standard InChI is InChI=1S/C14H17BrN2O/c1-10(2)17(8-4-7-16)14-6-5-12(11(3)18)9-13(14)15/h5-6,9-10H,4,8H2,1-3H3. The first kappa shape index (κ1) is 14.7. The van der Waals surface area contributed by atoms with Gasteiger partial charge in [-0.3, -0.25) is 4.79 Å². The summed E-state index contributed by atoms with van der Waals surface area (Å²) in [6, 6.07) is 8.05. The first-order valence-corrected chi connectivity index (χ1v) is 6.70. The molecule has 0 N–H and O–H groups in total. The lowest BCUT2D eigenvalue weighted by molar-refractivity contribution is 0.101. The highest BCUT2D eigenvalue weighted by Gasteiger charge is 2.14. The summed E-state index contributed by atoms with van der Waals surface area (Å²) in [5, 5.41) is 8.70. The van der Waals surface area contributed by atoms with Crippen LogP contribution in [0.25, 0.3) is 0 Å². The summed E-state index contributed by atoms with van der Waals surface area (Å²) in [5.74, 6) is 0.0513. The Morgan fingerprint density at radius 3 is 2.61 bits per heavy atom. The van der Waals surface area contributed by atoms with Crippen LogP contribution in [-0.4, -0.2) is 18.4 Å². The molecule has 0 spiro atoms. The van der Waals surface area contributed by atoms with Crippen molar-refractivity contribution in [2.75, 3.05) is 11.4 Å². The molecule has 0 unspecified atom stereocenters. The van der Waals surface area contributed by atoms with Crippen LogP contribution in [0.4, 0.5) is 5.69 Å². The van der Waals surface area contributed by atoms with E-state index in [2.05, 4.69) is 40.7 Å². The molecule has 1 aromatic rings. The predicted molar refractivity (Wildman–Crippen MR) is 76.9 cm³/mol. The average molecular weight is 309 g/mol. The lowest BCUT2D eigenvalue weighted by Crippen LogP contribution is -2.31. The molecule has 3 nitrogen and oxygen atoms in total. The Labute approximate surface area is 117 Å². The van der Waals surface area contributed by atoms with Crippen LogP contribution in [0.15, 0.2) is 22.7 Å². The summed E-state index contributed by atoms with van der Waals surface area (Å²) >= 11 is 3.50. The van der Waals surface area contributed by atoms with Crippen molar-refractivity contribution < 1.29 is 4.79 Å². The molecule has 1 aromatic carbocycles. The topological polar surface area (TPSA) is 44.1 Å². The Morgan fingerprint density at radius 2 is 2.17 bits per heavy atom. The van der Waals surface area contributed by atoms with Crippen LogP contribution < -0.4 is 4.90 Å². The highest BCUT2D eigenvalue weighted by molar-refractivity contribution is 9.10. The van der Waals surface area contributed by atoms with Gasteiger partial charge in [0.25, 0.3) is 0 Å². The molecule has 0 bridgehead atoms. The smallest absolute Gasteiger partial charge is 0.159 e. The van der Waals surface area contributed by atoms with Gasteiger partial charge >= 0.3 is 0 Å². The first-order chi connectivity index (χ1) is 8.47. The fraction of sp³-hybridized carbons (Fsp3) is 0.429. The third-order valence-electron chi connectivity index (χ3n) is 2.75. The zero-order valence-corrected chi connectivity index (χ0v) is 12.5. The molecule has 96 valence electrons. The van der Waals surface area contributed by atoms with E-state index in [1.165, 1.54) is 0 Å². The van der Waals surface area contributed by atoms with Gasteiger partial charge in [0.05, 0.1) is 18.2 Å². The molecule has 18 heavy (non-hydrogen) atoms. The van der Waals surface area contributed by atoms with Crippen molar-refractivity contribution >= 4 is 27.4 Å². The van der Waals surface area contributed by atoms with E-state index >= 15 is 0 Å². The molecular formula is C14H17BrN2O.